The molecule has 1 N–H and O–H groups in total. The van der Waals surface area contributed by atoms with Crippen LogP contribution >= 0.6 is 23.1 Å². The number of hydrogen-bond acceptors (Lipinski definition) is 3. The molecule has 0 saturated carbocycles. The largest absolute Gasteiger partial charge is 0.319 e. The van der Waals surface area contributed by atoms with Gasteiger partial charge in [-0.15, -0.1) is 23.1 Å². The van der Waals surface area contributed by atoms with E-state index in [4.69, 9.17) is 0 Å². The quantitative estimate of drug-likeness (QED) is 0.830. The average Bonchev–Trinajstić information content (AvgIpc) is 2.94. The molecule has 0 fully saturated rings. The molecule has 5 heteroatoms. The molecule has 0 saturated heterocycles. The Bertz CT molecular complexity index is 809. The third-order valence-electron chi connectivity index (χ3n) is 4.29. The third-order valence-corrected chi connectivity index (χ3v) is 6.62. The molecular formula is C18H16FNOS2. The van der Waals surface area contributed by atoms with Gasteiger partial charge >= 0.3 is 0 Å². The summed E-state index contributed by atoms with van der Waals surface area (Å²) in [6.45, 7) is 0. The smallest absolute Gasteiger partial charge is 0.262 e. The first kappa shape index (κ1) is 15.0. The number of fused-ring (bicyclic) bond motifs is 3. The topological polar surface area (TPSA) is 29.1 Å². The summed E-state index contributed by atoms with van der Waals surface area (Å²) in [4.78, 5) is 15.8. The Kier molecular flexibility index (Phi) is 3.99. The standard InChI is InChI=1S/C18H16FNOS2/c19-13-6-2-3-7-14(13)20-18(21)17-9-16-12(10-22-17)11-5-1-4-8-15(11)23-16/h2-3,6-7,9H,1,4-5,8,10H2,(H,20,21). The molecular weight excluding hydrogens is 329 g/mol. The van der Waals surface area contributed by atoms with Gasteiger partial charge in [0.1, 0.15) is 5.82 Å². The fraction of sp³-hybridized carbons (Fsp3) is 0.278. The maximum atomic E-state index is 13.7. The molecule has 4 rings (SSSR count). The number of nitrogens with one attached hydrogen (secondary N) is 1. The lowest BCUT2D eigenvalue weighted by atomic mass is 9.95. The second kappa shape index (κ2) is 6.13. The predicted molar refractivity (Wildman–Crippen MR) is 95.3 cm³/mol. The van der Waals surface area contributed by atoms with E-state index in [0.29, 0.717) is 4.91 Å². The van der Waals surface area contributed by atoms with Crippen molar-refractivity contribution in [2.24, 2.45) is 0 Å². The lowest BCUT2D eigenvalue weighted by Gasteiger charge is -2.16. The molecule has 118 valence electrons. The Hall–Kier alpha value is -1.59. The van der Waals surface area contributed by atoms with E-state index in [2.05, 4.69) is 5.32 Å². The van der Waals surface area contributed by atoms with Gasteiger partial charge in [0.2, 0.25) is 0 Å². The fourth-order valence-corrected chi connectivity index (χ4v) is 5.65. The van der Waals surface area contributed by atoms with Gasteiger partial charge in [-0.25, -0.2) is 4.39 Å². The molecule has 23 heavy (non-hydrogen) atoms. The summed E-state index contributed by atoms with van der Waals surface area (Å²) in [5.41, 5.74) is 3.17. The van der Waals surface area contributed by atoms with Crippen LogP contribution in [0.25, 0.3) is 6.08 Å². The van der Waals surface area contributed by atoms with Gasteiger partial charge in [-0.2, -0.15) is 0 Å². The Morgan fingerprint density at radius 2 is 1.96 bits per heavy atom. The van der Waals surface area contributed by atoms with E-state index in [1.165, 1.54) is 52.6 Å². The first-order chi connectivity index (χ1) is 11.2. The number of thiophene rings is 1. The highest BCUT2D eigenvalue weighted by Crippen LogP contribution is 2.42. The molecule has 0 unspecified atom stereocenters. The zero-order valence-corrected chi connectivity index (χ0v) is 14.2. The predicted octanol–water partition coefficient (Wildman–Crippen LogP) is 4.99. The van der Waals surface area contributed by atoms with Crippen LogP contribution in [-0.2, 0) is 23.4 Å². The normalized spacial score (nSPS) is 16.3. The minimum atomic E-state index is -0.408. The molecule has 0 bridgehead atoms. The molecule has 2 nitrogen and oxygen atoms in total. The molecule has 0 spiro atoms. The van der Waals surface area contributed by atoms with E-state index in [0.717, 1.165) is 5.75 Å². The number of aryl methyl sites for hydroxylation is 1. The summed E-state index contributed by atoms with van der Waals surface area (Å²) < 4.78 is 13.7. The van der Waals surface area contributed by atoms with Gasteiger partial charge in [0.15, 0.2) is 0 Å². The van der Waals surface area contributed by atoms with E-state index in [1.54, 1.807) is 30.0 Å². The number of benzene rings is 1. The second-order valence-electron chi connectivity index (χ2n) is 5.78. The van der Waals surface area contributed by atoms with Crippen LogP contribution in [0.1, 0.15) is 33.7 Å². The number of anilines is 1. The second-order valence-corrected chi connectivity index (χ2v) is 7.94. The zero-order valence-electron chi connectivity index (χ0n) is 12.5. The number of amides is 1. The highest BCUT2D eigenvalue weighted by Gasteiger charge is 2.25. The molecule has 2 aromatic rings. The first-order valence-electron chi connectivity index (χ1n) is 7.76. The number of para-hydroxylation sites is 1. The van der Waals surface area contributed by atoms with Gasteiger partial charge < -0.3 is 5.32 Å². The van der Waals surface area contributed by atoms with Crippen molar-refractivity contribution in [1.82, 2.24) is 0 Å². The minimum Gasteiger partial charge on any atom is -0.319 e. The lowest BCUT2D eigenvalue weighted by Crippen LogP contribution is -2.15. The highest BCUT2D eigenvalue weighted by atomic mass is 32.2. The number of thioether (sulfide) groups is 1. The molecule has 0 atom stereocenters. The summed E-state index contributed by atoms with van der Waals surface area (Å²) >= 11 is 3.37. The molecule has 1 aromatic heterocycles. The van der Waals surface area contributed by atoms with Gasteiger partial charge in [0.05, 0.1) is 10.6 Å². The monoisotopic (exact) mass is 345 g/mol. The third kappa shape index (κ3) is 2.83. The van der Waals surface area contributed by atoms with Crippen LogP contribution in [0.2, 0.25) is 0 Å². The molecule has 2 heterocycles. The van der Waals surface area contributed by atoms with Gasteiger partial charge in [-0.3, -0.25) is 4.79 Å². The van der Waals surface area contributed by atoms with Crippen LogP contribution in [0.3, 0.4) is 0 Å². The van der Waals surface area contributed by atoms with Crippen LogP contribution in [0.5, 0.6) is 0 Å². The van der Waals surface area contributed by atoms with Crippen LogP contribution in [0.4, 0.5) is 10.1 Å². The van der Waals surface area contributed by atoms with E-state index in [1.807, 2.05) is 17.4 Å². The molecule has 1 amide bonds. The van der Waals surface area contributed by atoms with Crippen LogP contribution in [0, 0.1) is 5.82 Å². The van der Waals surface area contributed by atoms with Crippen LogP contribution < -0.4 is 5.32 Å². The average molecular weight is 345 g/mol. The molecule has 0 radical (unpaired) electrons. The number of hydrogen-bond donors (Lipinski definition) is 1. The summed E-state index contributed by atoms with van der Waals surface area (Å²) in [5.74, 6) is 0.212. The van der Waals surface area contributed by atoms with Crippen molar-refractivity contribution in [1.29, 1.82) is 0 Å². The highest BCUT2D eigenvalue weighted by molar-refractivity contribution is 8.03. The molecule has 1 aliphatic heterocycles. The zero-order chi connectivity index (χ0) is 15.8. The molecule has 1 aromatic carbocycles. The van der Waals surface area contributed by atoms with Gasteiger partial charge in [0.25, 0.3) is 5.91 Å². The summed E-state index contributed by atoms with van der Waals surface area (Å²) in [7, 11) is 0. The Balaban J connectivity index is 1.59. The van der Waals surface area contributed by atoms with Crippen molar-refractivity contribution >= 4 is 40.8 Å². The van der Waals surface area contributed by atoms with Gasteiger partial charge in [-0.1, -0.05) is 12.1 Å². The van der Waals surface area contributed by atoms with Crippen molar-refractivity contribution in [2.75, 3.05) is 5.32 Å². The van der Waals surface area contributed by atoms with Gasteiger partial charge in [0, 0.05) is 15.5 Å². The van der Waals surface area contributed by atoms with E-state index < -0.39 is 5.82 Å². The summed E-state index contributed by atoms with van der Waals surface area (Å²) in [5, 5.41) is 2.67. The number of carbonyl (C=O) groups excluding carboxylic acids is 1. The number of rotatable bonds is 2. The maximum absolute atomic E-state index is 13.7. The van der Waals surface area contributed by atoms with E-state index >= 15 is 0 Å². The SMILES string of the molecule is O=C(Nc1ccccc1F)C1=Cc2sc3c(c2CS1)CCCC3. The Morgan fingerprint density at radius 3 is 2.83 bits per heavy atom. The lowest BCUT2D eigenvalue weighted by molar-refractivity contribution is -0.112. The van der Waals surface area contributed by atoms with Crippen molar-refractivity contribution in [2.45, 2.75) is 31.4 Å². The number of halogens is 1. The Labute approximate surface area is 142 Å². The fourth-order valence-electron chi connectivity index (χ4n) is 3.12. The summed E-state index contributed by atoms with van der Waals surface area (Å²) in [6, 6.07) is 6.26. The Morgan fingerprint density at radius 1 is 1.13 bits per heavy atom. The van der Waals surface area contributed by atoms with Crippen LogP contribution in [-0.4, -0.2) is 5.91 Å². The molecule has 1 aliphatic carbocycles. The van der Waals surface area contributed by atoms with Crippen LogP contribution in [0.15, 0.2) is 29.2 Å². The molecule has 2 aliphatic rings. The van der Waals surface area contributed by atoms with E-state index in [-0.39, 0.29) is 11.6 Å². The summed E-state index contributed by atoms with van der Waals surface area (Å²) in [6.07, 6.45) is 6.85. The number of carbonyl (C=O) groups is 1. The maximum Gasteiger partial charge on any atom is 0.262 e. The van der Waals surface area contributed by atoms with Crippen molar-refractivity contribution in [3.05, 3.63) is 55.9 Å². The van der Waals surface area contributed by atoms with Gasteiger partial charge in [-0.05, 0) is 55.0 Å². The van der Waals surface area contributed by atoms with Crippen molar-refractivity contribution in [3.63, 3.8) is 0 Å². The first-order valence-corrected chi connectivity index (χ1v) is 9.56. The van der Waals surface area contributed by atoms with E-state index in [9.17, 15) is 9.18 Å². The van der Waals surface area contributed by atoms with Crippen molar-refractivity contribution in [3.8, 4) is 0 Å². The minimum absolute atomic E-state index is 0.225. The van der Waals surface area contributed by atoms with Crippen molar-refractivity contribution < 1.29 is 9.18 Å².